The summed E-state index contributed by atoms with van der Waals surface area (Å²) in [6, 6.07) is 4.06. The van der Waals surface area contributed by atoms with Crippen molar-refractivity contribution in [1.29, 1.82) is 0 Å². The minimum atomic E-state index is -0.0921. The highest BCUT2D eigenvalue weighted by Crippen LogP contribution is 2.42. The summed E-state index contributed by atoms with van der Waals surface area (Å²) < 4.78 is 5.63. The third-order valence-electron chi connectivity index (χ3n) is 6.94. The SMILES string of the molecule is COc1cc2c(cc1Nc1ncnc3sc4c(c13)CC[C@H](C(=O)N(C)CCC(=O)N(C)C)C4)C=NC2. The zero-order chi connectivity index (χ0) is 25.4. The molecule has 1 aliphatic carbocycles. The van der Waals surface area contributed by atoms with E-state index in [0.717, 1.165) is 51.4 Å². The van der Waals surface area contributed by atoms with Crippen molar-refractivity contribution in [2.75, 3.05) is 40.1 Å². The van der Waals surface area contributed by atoms with Crippen LogP contribution in [0.3, 0.4) is 0 Å². The minimum absolute atomic E-state index is 0.0241. The van der Waals surface area contributed by atoms with Gasteiger partial charge >= 0.3 is 0 Å². The average molecular weight is 507 g/mol. The molecule has 0 unspecified atom stereocenters. The first-order valence-electron chi connectivity index (χ1n) is 12.0. The van der Waals surface area contributed by atoms with Crippen LogP contribution in [0.2, 0.25) is 0 Å². The van der Waals surface area contributed by atoms with Crippen molar-refractivity contribution in [2.24, 2.45) is 10.9 Å². The highest BCUT2D eigenvalue weighted by Gasteiger charge is 2.31. The summed E-state index contributed by atoms with van der Waals surface area (Å²) in [7, 11) is 6.91. The Morgan fingerprint density at radius 3 is 2.83 bits per heavy atom. The number of nitrogens with zero attached hydrogens (tertiary/aromatic N) is 5. The third kappa shape index (κ3) is 4.53. The number of methoxy groups -OCH3 is 1. The van der Waals surface area contributed by atoms with Crippen molar-refractivity contribution < 1.29 is 14.3 Å². The maximum absolute atomic E-state index is 13.1. The molecule has 0 spiro atoms. The van der Waals surface area contributed by atoms with Crippen molar-refractivity contribution in [1.82, 2.24) is 19.8 Å². The van der Waals surface area contributed by atoms with E-state index in [-0.39, 0.29) is 17.7 Å². The molecule has 0 fully saturated rings. The van der Waals surface area contributed by atoms with Crippen LogP contribution in [-0.4, -0.2) is 72.6 Å². The van der Waals surface area contributed by atoms with E-state index in [0.29, 0.717) is 25.9 Å². The van der Waals surface area contributed by atoms with Gasteiger partial charge in [0.05, 0.1) is 24.7 Å². The molecule has 0 saturated carbocycles. The lowest BCUT2D eigenvalue weighted by Gasteiger charge is -2.27. The van der Waals surface area contributed by atoms with Crippen molar-refractivity contribution in [2.45, 2.75) is 32.2 Å². The largest absolute Gasteiger partial charge is 0.495 e. The van der Waals surface area contributed by atoms with Crippen LogP contribution in [0, 0.1) is 5.92 Å². The maximum Gasteiger partial charge on any atom is 0.225 e. The Balaban J connectivity index is 1.37. The second kappa shape index (κ2) is 9.85. The molecule has 188 valence electrons. The van der Waals surface area contributed by atoms with Crippen LogP contribution >= 0.6 is 11.3 Å². The second-order valence-electron chi connectivity index (χ2n) is 9.49. The molecule has 36 heavy (non-hydrogen) atoms. The van der Waals surface area contributed by atoms with Crippen LogP contribution < -0.4 is 10.1 Å². The number of aromatic nitrogens is 2. The number of nitrogens with one attached hydrogen (secondary N) is 1. The Hall–Kier alpha value is -3.53. The number of aliphatic imine (C=N–C) groups is 1. The number of anilines is 2. The van der Waals surface area contributed by atoms with Crippen LogP contribution in [-0.2, 0) is 29.0 Å². The van der Waals surface area contributed by atoms with E-state index in [1.54, 1.807) is 55.7 Å². The predicted molar refractivity (Wildman–Crippen MR) is 141 cm³/mol. The van der Waals surface area contributed by atoms with Gasteiger partial charge < -0.3 is 19.9 Å². The summed E-state index contributed by atoms with van der Waals surface area (Å²) in [6.07, 6.45) is 6.01. The fraction of sp³-hybridized carbons (Fsp3) is 0.423. The quantitative estimate of drug-likeness (QED) is 0.527. The third-order valence-corrected chi connectivity index (χ3v) is 8.10. The van der Waals surface area contributed by atoms with Gasteiger partial charge in [-0.15, -0.1) is 11.3 Å². The molecule has 1 N–H and O–H groups in total. The molecule has 0 saturated heterocycles. The Kier molecular flexibility index (Phi) is 6.61. The van der Waals surface area contributed by atoms with Gasteiger partial charge in [-0.05, 0) is 48.1 Å². The number of carbonyl (C=O) groups excluding carboxylic acids is 2. The molecule has 3 aromatic rings. The number of thiophene rings is 1. The van der Waals surface area contributed by atoms with Crippen LogP contribution in [0.1, 0.15) is 34.4 Å². The lowest BCUT2D eigenvalue weighted by Crippen LogP contribution is -2.37. The Morgan fingerprint density at radius 2 is 2.06 bits per heavy atom. The zero-order valence-electron chi connectivity index (χ0n) is 21.0. The van der Waals surface area contributed by atoms with Crippen LogP contribution in [0.15, 0.2) is 23.5 Å². The first kappa shape index (κ1) is 24.2. The van der Waals surface area contributed by atoms with Crippen molar-refractivity contribution in [3.8, 4) is 5.75 Å². The lowest BCUT2D eigenvalue weighted by molar-refractivity contribution is -0.135. The van der Waals surface area contributed by atoms with Crippen LogP contribution in [0.5, 0.6) is 5.75 Å². The lowest BCUT2D eigenvalue weighted by atomic mass is 9.87. The molecule has 2 amide bonds. The van der Waals surface area contributed by atoms with Gasteiger partial charge in [-0.25, -0.2) is 9.97 Å². The molecule has 2 aromatic heterocycles. The van der Waals surface area contributed by atoms with Gasteiger partial charge in [0.2, 0.25) is 11.8 Å². The number of hydrogen-bond acceptors (Lipinski definition) is 8. The summed E-state index contributed by atoms with van der Waals surface area (Å²) in [4.78, 5) is 43.9. The van der Waals surface area contributed by atoms with E-state index in [4.69, 9.17) is 4.74 Å². The topological polar surface area (TPSA) is 100 Å². The smallest absolute Gasteiger partial charge is 0.225 e. The summed E-state index contributed by atoms with van der Waals surface area (Å²) in [6.45, 7) is 1.10. The molecular weight excluding hydrogens is 476 g/mol. The number of aryl methyl sites for hydroxylation is 1. The normalized spacial score (nSPS) is 15.9. The van der Waals surface area contributed by atoms with E-state index in [9.17, 15) is 9.59 Å². The number of ether oxygens (including phenoxy) is 1. The summed E-state index contributed by atoms with van der Waals surface area (Å²) >= 11 is 1.63. The summed E-state index contributed by atoms with van der Waals surface area (Å²) in [5.74, 6) is 1.52. The molecule has 2 aliphatic rings. The molecule has 5 rings (SSSR count). The summed E-state index contributed by atoms with van der Waals surface area (Å²) in [5.41, 5.74) is 4.27. The van der Waals surface area contributed by atoms with E-state index in [2.05, 4.69) is 20.3 Å². The first-order valence-corrected chi connectivity index (χ1v) is 12.9. The van der Waals surface area contributed by atoms with Crippen molar-refractivity contribution in [3.05, 3.63) is 40.0 Å². The second-order valence-corrected chi connectivity index (χ2v) is 10.6. The van der Waals surface area contributed by atoms with E-state index >= 15 is 0 Å². The molecule has 10 heteroatoms. The fourth-order valence-electron chi connectivity index (χ4n) is 4.86. The number of benzene rings is 1. The predicted octanol–water partition coefficient (Wildman–Crippen LogP) is 3.42. The van der Waals surface area contributed by atoms with Crippen molar-refractivity contribution in [3.63, 3.8) is 0 Å². The number of hydrogen-bond donors (Lipinski definition) is 1. The number of rotatable bonds is 7. The molecule has 0 bridgehead atoms. The van der Waals surface area contributed by atoms with E-state index in [1.807, 2.05) is 18.3 Å². The minimum Gasteiger partial charge on any atom is -0.495 e. The molecular formula is C26H30N6O3S. The molecule has 1 aliphatic heterocycles. The number of carbonyl (C=O) groups is 2. The van der Waals surface area contributed by atoms with Crippen molar-refractivity contribution >= 4 is 51.1 Å². The van der Waals surface area contributed by atoms with E-state index in [1.165, 1.54) is 10.4 Å². The van der Waals surface area contributed by atoms with Gasteiger partial charge in [0.1, 0.15) is 22.7 Å². The highest BCUT2D eigenvalue weighted by molar-refractivity contribution is 7.19. The molecule has 9 nitrogen and oxygen atoms in total. The van der Waals surface area contributed by atoms with Gasteiger partial charge in [-0.2, -0.15) is 0 Å². The maximum atomic E-state index is 13.1. The summed E-state index contributed by atoms with van der Waals surface area (Å²) in [5, 5.41) is 4.50. The highest BCUT2D eigenvalue weighted by atomic mass is 32.1. The molecule has 0 radical (unpaired) electrons. The van der Waals surface area contributed by atoms with E-state index < -0.39 is 0 Å². The Morgan fingerprint density at radius 1 is 1.22 bits per heavy atom. The Bertz CT molecular complexity index is 1370. The zero-order valence-corrected chi connectivity index (χ0v) is 21.8. The molecule has 3 heterocycles. The monoisotopic (exact) mass is 506 g/mol. The number of amides is 2. The van der Waals surface area contributed by atoms with Crippen LogP contribution in [0.25, 0.3) is 10.2 Å². The average Bonchev–Trinajstić information content (AvgIpc) is 3.49. The first-order chi connectivity index (χ1) is 17.4. The standard InChI is InChI=1S/C26H30N6O3S/c1-31(2)22(33)7-8-32(3)26(34)15-5-6-18-21(11-15)36-25-23(18)24(28-14-29-25)30-19-9-16-12-27-13-17(16)10-20(19)35-4/h9-10,12,14-15H,5-8,11,13H2,1-4H3,(H,28,29,30)/t15-/m0/s1. The van der Waals surface area contributed by atoms with Gasteiger partial charge in [0.25, 0.3) is 0 Å². The van der Waals surface area contributed by atoms with Gasteiger partial charge in [-0.1, -0.05) is 0 Å². The Labute approximate surface area is 214 Å². The van der Waals surface area contributed by atoms with Gasteiger partial charge in [-0.3, -0.25) is 14.6 Å². The number of fused-ring (bicyclic) bond motifs is 4. The van der Waals surface area contributed by atoms with Crippen LogP contribution in [0.4, 0.5) is 11.5 Å². The molecule has 1 aromatic carbocycles. The van der Waals surface area contributed by atoms with Gasteiger partial charge in [0, 0.05) is 51.1 Å². The fourth-order valence-corrected chi connectivity index (χ4v) is 6.12. The molecule has 1 atom stereocenters. The van der Waals surface area contributed by atoms with Gasteiger partial charge in [0.15, 0.2) is 0 Å².